The van der Waals surface area contributed by atoms with Crippen LogP contribution in [0.3, 0.4) is 0 Å². The molecule has 1 saturated heterocycles. The quantitative estimate of drug-likeness (QED) is 0.767. The Labute approximate surface area is 144 Å². The van der Waals surface area contributed by atoms with Crippen molar-refractivity contribution in [3.8, 4) is 0 Å². The van der Waals surface area contributed by atoms with Crippen LogP contribution >= 0.6 is 0 Å². The van der Waals surface area contributed by atoms with Crippen LogP contribution in [0.25, 0.3) is 11.0 Å². The molecule has 0 radical (unpaired) electrons. The fourth-order valence-corrected chi connectivity index (χ4v) is 3.08. The Kier molecular flexibility index (Phi) is 4.34. The highest BCUT2D eigenvalue weighted by Gasteiger charge is 2.24. The van der Waals surface area contributed by atoms with Gasteiger partial charge in [-0.15, -0.1) is 0 Å². The van der Waals surface area contributed by atoms with Crippen molar-refractivity contribution in [1.82, 2.24) is 30.3 Å². The Bertz CT molecular complexity index is 866. The third kappa shape index (κ3) is 3.48. The first-order valence-electron chi connectivity index (χ1n) is 8.22. The SMILES string of the molecule is O=C(c1ccc2n[nH]nc2c1)N1CCOC[C@@H](Cc2ccncn2)C1. The molecule has 128 valence electrons. The summed E-state index contributed by atoms with van der Waals surface area (Å²) in [5, 5.41) is 10.6. The standard InChI is InChI=1S/C17H18N6O2/c24-17(13-1-2-15-16(8-13)21-22-20-15)23-5-6-25-10-12(9-23)7-14-3-4-18-11-19-14/h1-4,8,11-12H,5-7,9-10H2,(H,20,21,22)/t12-/m0/s1. The fraction of sp³-hybridized carbons (Fsp3) is 0.353. The van der Waals surface area contributed by atoms with Gasteiger partial charge >= 0.3 is 0 Å². The second-order valence-electron chi connectivity index (χ2n) is 6.12. The Balaban J connectivity index is 1.50. The minimum absolute atomic E-state index is 0.0110. The number of rotatable bonds is 3. The molecule has 4 rings (SSSR count). The molecule has 8 nitrogen and oxygen atoms in total. The molecule has 8 heteroatoms. The molecule has 1 amide bonds. The highest BCUT2D eigenvalue weighted by Crippen LogP contribution is 2.17. The summed E-state index contributed by atoms with van der Waals surface area (Å²) in [6.07, 6.45) is 4.04. The number of aromatic amines is 1. The highest BCUT2D eigenvalue weighted by molar-refractivity contribution is 5.97. The van der Waals surface area contributed by atoms with Crippen LogP contribution in [0.5, 0.6) is 0 Å². The van der Waals surface area contributed by atoms with Crippen LogP contribution in [0.4, 0.5) is 0 Å². The lowest BCUT2D eigenvalue weighted by atomic mass is 10.0. The predicted octanol–water partition coefficient (Wildman–Crippen LogP) is 1.08. The zero-order chi connectivity index (χ0) is 17.1. The van der Waals surface area contributed by atoms with Crippen LogP contribution < -0.4 is 0 Å². The number of nitrogens with zero attached hydrogens (tertiary/aromatic N) is 5. The molecule has 1 fully saturated rings. The summed E-state index contributed by atoms with van der Waals surface area (Å²) in [7, 11) is 0. The number of hydrogen-bond donors (Lipinski definition) is 1. The van der Waals surface area contributed by atoms with Gasteiger partial charge < -0.3 is 9.64 Å². The highest BCUT2D eigenvalue weighted by atomic mass is 16.5. The van der Waals surface area contributed by atoms with Crippen molar-refractivity contribution in [3.63, 3.8) is 0 Å². The number of benzene rings is 1. The molecule has 0 bridgehead atoms. The van der Waals surface area contributed by atoms with Crippen LogP contribution in [0.2, 0.25) is 0 Å². The van der Waals surface area contributed by atoms with Crippen LogP contribution in [-0.2, 0) is 11.2 Å². The van der Waals surface area contributed by atoms with Crippen LogP contribution in [0.1, 0.15) is 16.1 Å². The van der Waals surface area contributed by atoms with Crippen molar-refractivity contribution in [3.05, 3.63) is 48.0 Å². The average molecular weight is 338 g/mol. The third-order valence-corrected chi connectivity index (χ3v) is 4.33. The third-order valence-electron chi connectivity index (χ3n) is 4.33. The predicted molar refractivity (Wildman–Crippen MR) is 89.8 cm³/mol. The number of carbonyl (C=O) groups excluding carboxylic acids is 1. The molecule has 0 spiro atoms. The minimum atomic E-state index is -0.0110. The monoisotopic (exact) mass is 338 g/mol. The number of nitrogens with one attached hydrogen (secondary N) is 1. The molecular formula is C17H18N6O2. The lowest BCUT2D eigenvalue weighted by Gasteiger charge is -2.23. The summed E-state index contributed by atoms with van der Waals surface area (Å²) in [5.41, 5.74) is 3.01. The summed E-state index contributed by atoms with van der Waals surface area (Å²) in [6, 6.07) is 7.26. The molecule has 1 atom stereocenters. The van der Waals surface area contributed by atoms with Crippen molar-refractivity contribution in [2.45, 2.75) is 6.42 Å². The van der Waals surface area contributed by atoms with E-state index in [-0.39, 0.29) is 11.8 Å². The molecular weight excluding hydrogens is 320 g/mol. The molecule has 2 aromatic heterocycles. The average Bonchev–Trinajstić information content (AvgIpc) is 3.00. The van der Waals surface area contributed by atoms with Gasteiger partial charge in [-0.2, -0.15) is 15.4 Å². The van der Waals surface area contributed by atoms with E-state index in [4.69, 9.17) is 4.74 Å². The smallest absolute Gasteiger partial charge is 0.254 e. The Morgan fingerprint density at radius 1 is 1.28 bits per heavy atom. The molecule has 1 N–H and O–H groups in total. The van der Waals surface area contributed by atoms with E-state index in [9.17, 15) is 4.79 Å². The lowest BCUT2D eigenvalue weighted by molar-refractivity contribution is 0.0737. The lowest BCUT2D eigenvalue weighted by Crippen LogP contribution is -2.36. The topological polar surface area (TPSA) is 96.9 Å². The molecule has 0 saturated carbocycles. The van der Waals surface area contributed by atoms with E-state index >= 15 is 0 Å². The van der Waals surface area contributed by atoms with E-state index in [1.165, 1.54) is 0 Å². The Morgan fingerprint density at radius 2 is 2.20 bits per heavy atom. The van der Waals surface area contributed by atoms with E-state index in [1.807, 2.05) is 11.0 Å². The maximum atomic E-state index is 12.9. The molecule has 1 aliphatic rings. The van der Waals surface area contributed by atoms with E-state index in [1.54, 1.807) is 30.7 Å². The molecule has 0 unspecified atom stereocenters. The molecule has 1 aromatic carbocycles. The van der Waals surface area contributed by atoms with Gasteiger partial charge in [-0.25, -0.2) is 9.97 Å². The number of H-pyrrole nitrogens is 1. The molecule has 1 aliphatic heterocycles. The number of ether oxygens (including phenoxy) is 1. The van der Waals surface area contributed by atoms with Gasteiger partial charge in [-0.1, -0.05) is 0 Å². The van der Waals surface area contributed by atoms with E-state index in [0.29, 0.717) is 37.4 Å². The first-order valence-corrected chi connectivity index (χ1v) is 8.22. The maximum Gasteiger partial charge on any atom is 0.254 e. The van der Waals surface area contributed by atoms with Gasteiger partial charge in [0.05, 0.1) is 13.2 Å². The Hall–Kier alpha value is -2.87. The zero-order valence-electron chi connectivity index (χ0n) is 13.6. The van der Waals surface area contributed by atoms with Crippen molar-refractivity contribution in [2.24, 2.45) is 5.92 Å². The van der Waals surface area contributed by atoms with Gasteiger partial charge in [0.1, 0.15) is 17.4 Å². The Morgan fingerprint density at radius 3 is 3.08 bits per heavy atom. The van der Waals surface area contributed by atoms with Crippen LogP contribution in [-0.4, -0.2) is 62.5 Å². The minimum Gasteiger partial charge on any atom is -0.379 e. The maximum absolute atomic E-state index is 12.9. The molecule has 3 heterocycles. The number of carbonyl (C=O) groups is 1. The normalized spacial score (nSPS) is 18.2. The summed E-state index contributed by atoms with van der Waals surface area (Å²) in [6.45, 7) is 2.38. The summed E-state index contributed by atoms with van der Waals surface area (Å²) < 4.78 is 5.69. The molecule has 25 heavy (non-hydrogen) atoms. The first kappa shape index (κ1) is 15.6. The van der Waals surface area contributed by atoms with Crippen molar-refractivity contribution in [1.29, 1.82) is 0 Å². The van der Waals surface area contributed by atoms with E-state index < -0.39 is 0 Å². The van der Waals surface area contributed by atoms with Crippen LogP contribution in [0, 0.1) is 5.92 Å². The van der Waals surface area contributed by atoms with Crippen LogP contribution in [0.15, 0.2) is 36.8 Å². The number of fused-ring (bicyclic) bond motifs is 1. The van der Waals surface area contributed by atoms with Gasteiger partial charge in [-0.3, -0.25) is 4.79 Å². The van der Waals surface area contributed by atoms with Crippen molar-refractivity contribution < 1.29 is 9.53 Å². The van der Waals surface area contributed by atoms with Gasteiger partial charge in [0.15, 0.2) is 0 Å². The summed E-state index contributed by atoms with van der Waals surface area (Å²) in [5.74, 6) is 0.195. The fourth-order valence-electron chi connectivity index (χ4n) is 3.08. The molecule has 0 aliphatic carbocycles. The first-order chi connectivity index (χ1) is 12.3. The van der Waals surface area contributed by atoms with E-state index in [0.717, 1.165) is 17.6 Å². The molecule has 3 aromatic rings. The van der Waals surface area contributed by atoms with Crippen molar-refractivity contribution in [2.75, 3.05) is 26.3 Å². The second kappa shape index (κ2) is 6.94. The van der Waals surface area contributed by atoms with E-state index in [2.05, 4.69) is 25.4 Å². The second-order valence-corrected chi connectivity index (χ2v) is 6.12. The number of aromatic nitrogens is 5. The van der Waals surface area contributed by atoms with Gasteiger partial charge in [-0.05, 0) is 30.7 Å². The summed E-state index contributed by atoms with van der Waals surface area (Å²) >= 11 is 0. The van der Waals surface area contributed by atoms with Gasteiger partial charge in [0.2, 0.25) is 0 Å². The summed E-state index contributed by atoms with van der Waals surface area (Å²) in [4.78, 5) is 23.0. The van der Waals surface area contributed by atoms with Gasteiger partial charge in [0, 0.05) is 36.5 Å². The zero-order valence-corrected chi connectivity index (χ0v) is 13.6. The number of amides is 1. The van der Waals surface area contributed by atoms with Gasteiger partial charge in [0.25, 0.3) is 5.91 Å². The van der Waals surface area contributed by atoms with Crippen molar-refractivity contribution >= 4 is 16.9 Å². The number of hydrogen-bond acceptors (Lipinski definition) is 6. The largest absolute Gasteiger partial charge is 0.379 e.